The van der Waals surface area contributed by atoms with Gasteiger partial charge in [-0.2, -0.15) is 0 Å². The first-order chi connectivity index (χ1) is 8.95. The van der Waals surface area contributed by atoms with Gasteiger partial charge in [0.2, 0.25) is 0 Å². The summed E-state index contributed by atoms with van der Waals surface area (Å²) in [7, 11) is 0. The predicted octanol–water partition coefficient (Wildman–Crippen LogP) is 3.60. The van der Waals surface area contributed by atoms with Crippen molar-refractivity contribution in [2.75, 3.05) is 0 Å². The zero-order valence-corrected chi connectivity index (χ0v) is 12.1. The Bertz CT molecular complexity index is 647. The zero-order chi connectivity index (χ0) is 14.0. The molecular formula is C15H17ClN2O. The molecule has 2 rings (SSSR count). The number of hydrogen-bond donors (Lipinski definition) is 1. The van der Waals surface area contributed by atoms with Crippen LogP contribution in [0, 0.1) is 12.8 Å². The quantitative estimate of drug-likeness (QED) is 0.931. The lowest BCUT2D eigenvalue weighted by Gasteiger charge is -2.08. The van der Waals surface area contributed by atoms with Crippen LogP contribution in [0.25, 0.3) is 11.4 Å². The third-order valence-corrected chi connectivity index (χ3v) is 3.09. The van der Waals surface area contributed by atoms with Crippen LogP contribution in [0.1, 0.15) is 25.1 Å². The minimum absolute atomic E-state index is 0.116. The Morgan fingerprint density at radius 3 is 2.68 bits per heavy atom. The molecule has 0 fully saturated rings. The summed E-state index contributed by atoms with van der Waals surface area (Å²) in [5, 5.41) is 0.682. The Hall–Kier alpha value is -1.61. The third-order valence-electron chi connectivity index (χ3n) is 2.86. The Kier molecular flexibility index (Phi) is 4.05. The van der Waals surface area contributed by atoms with Crippen LogP contribution in [0.4, 0.5) is 0 Å². The normalized spacial score (nSPS) is 11.0. The van der Waals surface area contributed by atoms with E-state index >= 15 is 0 Å². The number of rotatable bonds is 3. The highest BCUT2D eigenvalue weighted by atomic mass is 35.5. The van der Waals surface area contributed by atoms with Crippen LogP contribution in [-0.4, -0.2) is 9.97 Å². The fourth-order valence-electron chi connectivity index (χ4n) is 2.05. The van der Waals surface area contributed by atoms with Crippen LogP contribution in [-0.2, 0) is 6.42 Å². The summed E-state index contributed by atoms with van der Waals surface area (Å²) in [6.07, 6.45) is 0.795. The molecule has 1 aromatic carbocycles. The van der Waals surface area contributed by atoms with E-state index in [1.165, 1.54) is 0 Å². The molecule has 0 aliphatic heterocycles. The van der Waals surface area contributed by atoms with E-state index in [0.717, 1.165) is 23.2 Å². The summed E-state index contributed by atoms with van der Waals surface area (Å²) in [5.41, 5.74) is 2.61. The van der Waals surface area contributed by atoms with Crippen LogP contribution in [0.2, 0.25) is 5.02 Å². The Morgan fingerprint density at radius 2 is 2.05 bits per heavy atom. The second kappa shape index (κ2) is 5.57. The van der Waals surface area contributed by atoms with E-state index in [9.17, 15) is 4.79 Å². The molecule has 0 bridgehead atoms. The molecule has 1 N–H and O–H groups in total. The maximum Gasteiger partial charge on any atom is 0.251 e. The van der Waals surface area contributed by atoms with Crippen LogP contribution < -0.4 is 5.56 Å². The Morgan fingerprint density at radius 1 is 1.32 bits per heavy atom. The number of hydrogen-bond acceptors (Lipinski definition) is 2. The number of aromatic nitrogens is 2. The second-order valence-corrected chi connectivity index (χ2v) is 5.58. The van der Waals surface area contributed by atoms with Gasteiger partial charge in [-0.05, 0) is 43.0 Å². The van der Waals surface area contributed by atoms with Crippen LogP contribution >= 0.6 is 11.6 Å². The van der Waals surface area contributed by atoms with E-state index in [4.69, 9.17) is 11.6 Å². The van der Waals surface area contributed by atoms with E-state index in [1.54, 1.807) is 12.1 Å². The molecule has 1 aromatic heterocycles. The van der Waals surface area contributed by atoms with Gasteiger partial charge in [-0.15, -0.1) is 0 Å². The summed E-state index contributed by atoms with van der Waals surface area (Å²) in [6.45, 7) is 6.17. The molecule has 3 nitrogen and oxygen atoms in total. The van der Waals surface area contributed by atoms with Gasteiger partial charge in [-0.3, -0.25) is 4.79 Å². The van der Waals surface area contributed by atoms with Crippen molar-refractivity contribution in [3.8, 4) is 11.4 Å². The molecule has 0 unspecified atom stereocenters. The van der Waals surface area contributed by atoms with Gasteiger partial charge in [-0.1, -0.05) is 25.4 Å². The molecule has 1 heterocycles. The molecule has 0 aliphatic carbocycles. The first-order valence-corrected chi connectivity index (χ1v) is 6.70. The molecule has 100 valence electrons. The number of aromatic amines is 1. The van der Waals surface area contributed by atoms with Gasteiger partial charge in [0.15, 0.2) is 0 Å². The van der Waals surface area contributed by atoms with E-state index < -0.39 is 0 Å². The van der Waals surface area contributed by atoms with Gasteiger partial charge in [0, 0.05) is 22.3 Å². The van der Waals surface area contributed by atoms with Crippen molar-refractivity contribution in [2.24, 2.45) is 5.92 Å². The van der Waals surface area contributed by atoms with Gasteiger partial charge in [0.05, 0.1) is 0 Å². The van der Waals surface area contributed by atoms with Crippen molar-refractivity contribution < 1.29 is 0 Å². The fourth-order valence-corrected chi connectivity index (χ4v) is 2.28. The average Bonchev–Trinajstić information content (AvgIpc) is 2.26. The molecule has 0 aliphatic rings. The lowest BCUT2D eigenvalue weighted by atomic mass is 10.1. The highest BCUT2D eigenvalue weighted by Gasteiger charge is 2.08. The lowest BCUT2D eigenvalue weighted by Crippen LogP contribution is -2.12. The molecule has 4 heteroatoms. The Labute approximate surface area is 117 Å². The smallest absolute Gasteiger partial charge is 0.251 e. The minimum atomic E-state index is -0.116. The molecule has 19 heavy (non-hydrogen) atoms. The van der Waals surface area contributed by atoms with Crippen molar-refractivity contribution in [1.82, 2.24) is 9.97 Å². The number of aryl methyl sites for hydroxylation is 1. The highest BCUT2D eigenvalue weighted by molar-refractivity contribution is 6.30. The number of H-pyrrole nitrogens is 1. The molecule has 0 saturated carbocycles. The number of nitrogens with one attached hydrogen (secondary N) is 1. The second-order valence-electron chi connectivity index (χ2n) is 5.14. The standard InChI is InChI=1S/C15H17ClN2O/c1-9(2)6-12-8-14(19)18-15(17-12)13-5-4-11(16)7-10(13)3/h4-5,7-9H,6H2,1-3H3,(H,17,18,19). The maximum absolute atomic E-state index is 11.7. The summed E-state index contributed by atoms with van der Waals surface area (Å²) < 4.78 is 0. The topological polar surface area (TPSA) is 45.8 Å². The number of nitrogens with zero attached hydrogens (tertiary/aromatic N) is 1. The summed E-state index contributed by atoms with van der Waals surface area (Å²) >= 11 is 5.94. The SMILES string of the molecule is Cc1cc(Cl)ccc1-c1nc(CC(C)C)cc(=O)[nH]1. The lowest BCUT2D eigenvalue weighted by molar-refractivity contribution is 0.634. The maximum atomic E-state index is 11.7. The number of benzene rings is 1. The van der Waals surface area contributed by atoms with Gasteiger partial charge in [0.1, 0.15) is 5.82 Å². The molecule has 2 aromatic rings. The first kappa shape index (κ1) is 13.8. The third kappa shape index (κ3) is 3.44. The van der Waals surface area contributed by atoms with E-state index in [1.807, 2.05) is 19.1 Å². The molecule has 0 amide bonds. The van der Waals surface area contributed by atoms with Gasteiger partial charge in [-0.25, -0.2) is 4.98 Å². The van der Waals surface area contributed by atoms with Crippen molar-refractivity contribution >= 4 is 11.6 Å². The minimum Gasteiger partial charge on any atom is -0.307 e. The van der Waals surface area contributed by atoms with E-state index in [2.05, 4.69) is 23.8 Å². The molecular weight excluding hydrogens is 260 g/mol. The van der Waals surface area contributed by atoms with Crippen molar-refractivity contribution in [2.45, 2.75) is 27.2 Å². The van der Waals surface area contributed by atoms with Crippen LogP contribution in [0.3, 0.4) is 0 Å². The molecule has 0 radical (unpaired) electrons. The van der Waals surface area contributed by atoms with Crippen molar-refractivity contribution in [1.29, 1.82) is 0 Å². The summed E-state index contributed by atoms with van der Waals surface area (Å²) in [6, 6.07) is 7.12. The molecule has 0 saturated heterocycles. The van der Waals surface area contributed by atoms with Crippen LogP contribution in [0.5, 0.6) is 0 Å². The van der Waals surface area contributed by atoms with Crippen molar-refractivity contribution in [3.63, 3.8) is 0 Å². The predicted molar refractivity (Wildman–Crippen MR) is 78.6 cm³/mol. The number of halogens is 1. The van der Waals surface area contributed by atoms with E-state index in [-0.39, 0.29) is 5.56 Å². The average molecular weight is 277 g/mol. The fraction of sp³-hybridized carbons (Fsp3) is 0.333. The zero-order valence-electron chi connectivity index (χ0n) is 11.3. The monoisotopic (exact) mass is 276 g/mol. The van der Waals surface area contributed by atoms with Gasteiger partial charge >= 0.3 is 0 Å². The first-order valence-electron chi connectivity index (χ1n) is 6.32. The molecule has 0 spiro atoms. The van der Waals surface area contributed by atoms with Crippen LogP contribution in [0.15, 0.2) is 29.1 Å². The summed E-state index contributed by atoms with van der Waals surface area (Å²) in [4.78, 5) is 19.0. The summed E-state index contributed by atoms with van der Waals surface area (Å²) in [5.74, 6) is 1.07. The van der Waals surface area contributed by atoms with Gasteiger partial charge in [0.25, 0.3) is 5.56 Å². The largest absolute Gasteiger partial charge is 0.307 e. The molecule has 0 atom stereocenters. The highest BCUT2D eigenvalue weighted by Crippen LogP contribution is 2.22. The Balaban J connectivity index is 2.50. The van der Waals surface area contributed by atoms with Crippen molar-refractivity contribution in [3.05, 3.63) is 50.9 Å². The van der Waals surface area contributed by atoms with E-state index in [0.29, 0.717) is 16.8 Å². The van der Waals surface area contributed by atoms with Gasteiger partial charge < -0.3 is 4.98 Å².